The van der Waals surface area contributed by atoms with Gasteiger partial charge in [-0.3, -0.25) is 4.99 Å². The minimum absolute atomic E-state index is 0. The van der Waals surface area contributed by atoms with E-state index in [1.54, 1.807) is 23.6 Å². The topological polar surface area (TPSA) is 82.6 Å². The summed E-state index contributed by atoms with van der Waals surface area (Å²) >= 11 is 1.18. The van der Waals surface area contributed by atoms with Crippen LogP contribution in [0.4, 0.5) is 4.39 Å². The number of benzene rings is 1. The maximum absolute atomic E-state index is 14.1. The van der Waals surface area contributed by atoms with E-state index in [0.29, 0.717) is 29.8 Å². The Balaban J connectivity index is 0.00000300. The van der Waals surface area contributed by atoms with E-state index in [1.165, 1.54) is 17.4 Å². The van der Waals surface area contributed by atoms with Crippen molar-refractivity contribution >= 4 is 51.3 Å². The van der Waals surface area contributed by atoms with Crippen LogP contribution in [-0.2, 0) is 15.4 Å². The van der Waals surface area contributed by atoms with Crippen LogP contribution in [0.25, 0.3) is 0 Å². The summed E-state index contributed by atoms with van der Waals surface area (Å²) in [5, 5.41) is 8.00. The second kappa shape index (κ2) is 10.7. The molecule has 6 nitrogen and oxygen atoms in total. The standard InChI is InChI=1S/C19H25FN4O2S2.HI/c1-2-21-18(22-11-12-24-28(25,26)17-8-5-13-27-17)23-14-19(9-10-19)15-6-3-4-7-16(15)20;/h3-8,13,24H,2,9-12,14H2,1H3,(H2,21,22,23);1H. The van der Waals surface area contributed by atoms with Gasteiger partial charge >= 0.3 is 0 Å². The lowest BCUT2D eigenvalue weighted by Gasteiger charge is -2.16. The molecule has 1 fully saturated rings. The maximum Gasteiger partial charge on any atom is 0.250 e. The Morgan fingerprint density at radius 2 is 1.93 bits per heavy atom. The minimum Gasteiger partial charge on any atom is -0.357 e. The molecule has 3 rings (SSSR count). The third kappa shape index (κ3) is 6.37. The van der Waals surface area contributed by atoms with E-state index in [2.05, 4.69) is 20.3 Å². The molecule has 10 heteroatoms. The van der Waals surface area contributed by atoms with Gasteiger partial charge < -0.3 is 10.6 Å². The first-order valence-electron chi connectivity index (χ1n) is 9.27. The van der Waals surface area contributed by atoms with Crippen molar-refractivity contribution in [1.82, 2.24) is 15.4 Å². The van der Waals surface area contributed by atoms with Gasteiger partial charge in [0.2, 0.25) is 10.0 Å². The molecule has 1 aliphatic rings. The van der Waals surface area contributed by atoms with Crippen molar-refractivity contribution in [2.24, 2.45) is 4.99 Å². The summed E-state index contributed by atoms with van der Waals surface area (Å²) in [7, 11) is -3.47. The average Bonchev–Trinajstić information content (AvgIpc) is 3.24. The van der Waals surface area contributed by atoms with Gasteiger partial charge in [-0.2, -0.15) is 0 Å². The van der Waals surface area contributed by atoms with Crippen molar-refractivity contribution in [3.05, 3.63) is 53.2 Å². The van der Waals surface area contributed by atoms with Crippen LogP contribution in [0.2, 0.25) is 0 Å². The number of guanidine groups is 1. The Bertz CT molecular complexity index is 916. The molecule has 0 spiro atoms. The molecule has 0 amide bonds. The summed E-state index contributed by atoms with van der Waals surface area (Å²) in [6.45, 7) is 3.76. The van der Waals surface area contributed by atoms with E-state index < -0.39 is 10.0 Å². The third-order valence-corrected chi connectivity index (χ3v) is 7.51. The van der Waals surface area contributed by atoms with Crippen LogP contribution in [0.15, 0.2) is 51.0 Å². The zero-order valence-corrected chi connectivity index (χ0v) is 20.1. The molecule has 29 heavy (non-hydrogen) atoms. The highest BCUT2D eigenvalue weighted by atomic mass is 127. The fourth-order valence-electron chi connectivity index (χ4n) is 2.98. The van der Waals surface area contributed by atoms with Crippen molar-refractivity contribution in [1.29, 1.82) is 0 Å². The molecule has 1 aromatic heterocycles. The van der Waals surface area contributed by atoms with Gasteiger partial charge in [0.05, 0.1) is 6.54 Å². The number of halogens is 2. The Morgan fingerprint density at radius 1 is 1.17 bits per heavy atom. The van der Waals surface area contributed by atoms with Gasteiger partial charge in [-0.1, -0.05) is 24.3 Å². The van der Waals surface area contributed by atoms with Gasteiger partial charge in [-0.15, -0.1) is 35.3 Å². The molecular formula is C19H26FIN4O2S2. The van der Waals surface area contributed by atoms with Gasteiger partial charge in [0.1, 0.15) is 10.0 Å². The number of nitrogens with zero attached hydrogens (tertiary/aromatic N) is 1. The predicted octanol–water partition coefficient (Wildman–Crippen LogP) is 3.07. The molecule has 0 aliphatic heterocycles. The summed E-state index contributed by atoms with van der Waals surface area (Å²) < 4.78 is 41.2. The first-order valence-corrected chi connectivity index (χ1v) is 11.6. The highest BCUT2D eigenvalue weighted by Crippen LogP contribution is 2.49. The first kappa shape index (κ1) is 24.0. The summed E-state index contributed by atoms with van der Waals surface area (Å²) in [5.41, 5.74) is 0.493. The van der Waals surface area contributed by atoms with E-state index in [-0.39, 0.29) is 41.8 Å². The second-order valence-corrected chi connectivity index (χ2v) is 9.65. The van der Waals surface area contributed by atoms with Crippen LogP contribution in [0.3, 0.4) is 0 Å². The summed E-state index contributed by atoms with van der Waals surface area (Å²) in [6, 6.07) is 10.1. The zero-order valence-electron chi connectivity index (χ0n) is 16.2. The van der Waals surface area contributed by atoms with E-state index >= 15 is 0 Å². The van der Waals surface area contributed by atoms with Crippen molar-refractivity contribution < 1.29 is 12.8 Å². The third-order valence-electron chi connectivity index (χ3n) is 4.65. The average molecular weight is 552 g/mol. The Morgan fingerprint density at radius 3 is 2.55 bits per heavy atom. The van der Waals surface area contributed by atoms with Crippen LogP contribution in [0.5, 0.6) is 0 Å². The number of hydrogen-bond donors (Lipinski definition) is 3. The van der Waals surface area contributed by atoms with Crippen LogP contribution in [-0.4, -0.2) is 40.6 Å². The van der Waals surface area contributed by atoms with Crippen molar-refractivity contribution in [2.45, 2.75) is 29.4 Å². The quantitative estimate of drug-likeness (QED) is 0.193. The molecule has 160 valence electrons. The molecule has 0 bridgehead atoms. The SMILES string of the molecule is CCNC(=NCC1(c2ccccc2F)CC1)NCCNS(=O)(=O)c1cccs1.I. The van der Waals surface area contributed by atoms with E-state index in [4.69, 9.17) is 0 Å². The molecule has 1 saturated carbocycles. The summed E-state index contributed by atoms with van der Waals surface area (Å²) in [5.74, 6) is 0.413. The minimum atomic E-state index is -3.47. The molecule has 1 heterocycles. The van der Waals surface area contributed by atoms with Crippen molar-refractivity contribution in [3.8, 4) is 0 Å². The van der Waals surface area contributed by atoms with E-state index in [1.807, 2.05) is 19.1 Å². The lowest BCUT2D eigenvalue weighted by Crippen LogP contribution is -2.41. The van der Waals surface area contributed by atoms with Crippen molar-refractivity contribution in [3.63, 3.8) is 0 Å². The maximum atomic E-state index is 14.1. The number of aliphatic imine (C=N–C) groups is 1. The molecule has 1 aromatic carbocycles. The second-order valence-electron chi connectivity index (χ2n) is 6.71. The first-order chi connectivity index (χ1) is 13.5. The molecule has 3 N–H and O–H groups in total. The molecule has 2 aromatic rings. The molecule has 0 saturated heterocycles. The number of hydrogen-bond acceptors (Lipinski definition) is 4. The molecule has 0 unspecified atom stereocenters. The van der Waals surface area contributed by atoms with Gasteiger partial charge in [-0.25, -0.2) is 17.5 Å². The number of nitrogens with one attached hydrogen (secondary N) is 3. The van der Waals surface area contributed by atoms with Crippen LogP contribution in [0.1, 0.15) is 25.3 Å². The fourth-order valence-corrected chi connectivity index (χ4v) is 5.05. The summed E-state index contributed by atoms with van der Waals surface area (Å²) in [4.78, 5) is 4.60. The predicted molar refractivity (Wildman–Crippen MR) is 126 cm³/mol. The van der Waals surface area contributed by atoms with E-state index in [0.717, 1.165) is 18.4 Å². The van der Waals surface area contributed by atoms with Crippen molar-refractivity contribution in [2.75, 3.05) is 26.2 Å². The fraction of sp³-hybridized carbons (Fsp3) is 0.421. The molecule has 0 atom stereocenters. The smallest absolute Gasteiger partial charge is 0.250 e. The largest absolute Gasteiger partial charge is 0.357 e. The van der Waals surface area contributed by atoms with Gasteiger partial charge in [0.25, 0.3) is 0 Å². The molecular weight excluding hydrogens is 526 g/mol. The monoisotopic (exact) mass is 552 g/mol. The van der Waals surface area contributed by atoms with Gasteiger partial charge in [0.15, 0.2) is 5.96 Å². The van der Waals surface area contributed by atoms with Gasteiger partial charge in [-0.05, 0) is 42.8 Å². The Hall–Kier alpha value is -1.24. The Labute approximate surface area is 192 Å². The highest BCUT2D eigenvalue weighted by molar-refractivity contribution is 14.0. The lowest BCUT2D eigenvalue weighted by atomic mass is 9.95. The van der Waals surface area contributed by atoms with Crippen LogP contribution < -0.4 is 15.4 Å². The van der Waals surface area contributed by atoms with Gasteiger partial charge in [0, 0.05) is 25.0 Å². The normalized spacial score (nSPS) is 15.4. The zero-order chi connectivity index (χ0) is 20.0. The number of thiophene rings is 1. The Kier molecular flexibility index (Phi) is 8.86. The molecule has 1 aliphatic carbocycles. The summed E-state index contributed by atoms with van der Waals surface area (Å²) in [6.07, 6.45) is 1.83. The molecule has 0 radical (unpaired) electrons. The van der Waals surface area contributed by atoms with E-state index in [9.17, 15) is 12.8 Å². The van der Waals surface area contributed by atoms with Crippen LogP contribution >= 0.6 is 35.3 Å². The van der Waals surface area contributed by atoms with Crippen LogP contribution in [0, 0.1) is 5.82 Å². The lowest BCUT2D eigenvalue weighted by molar-refractivity contribution is 0.572. The number of sulfonamides is 1. The number of rotatable bonds is 9. The highest BCUT2D eigenvalue weighted by Gasteiger charge is 2.45.